The first-order valence-corrected chi connectivity index (χ1v) is 8.62. The standard InChI is InChI=1S/C16H27N3S/c1-10(2)14-18-15(17-5)12(4)16(19-14)20-13-8-6-7-11(3)9-13/h10-11,13H,6-9H2,1-5H3,(H,17,18,19). The summed E-state index contributed by atoms with van der Waals surface area (Å²) in [4.78, 5) is 9.43. The summed E-state index contributed by atoms with van der Waals surface area (Å²) < 4.78 is 0. The molecule has 0 bridgehead atoms. The monoisotopic (exact) mass is 293 g/mol. The van der Waals surface area contributed by atoms with Crippen molar-refractivity contribution in [3.63, 3.8) is 0 Å². The van der Waals surface area contributed by atoms with Crippen molar-refractivity contribution < 1.29 is 0 Å². The van der Waals surface area contributed by atoms with Crippen LogP contribution in [0.1, 0.15) is 63.8 Å². The molecule has 0 aliphatic heterocycles. The summed E-state index contributed by atoms with van der Waals surface area (Å²) in [6.07, 6.45) is 5.39. The van der Waals surface area contributed by atoms with Crippen LogP contribution in [0.4, 0.5) is 5.82 Å². The first kappa shape index (κ1) is 15.6. The van der Waals surface area contributed by atoms with E-state index < -0.39 is 0 Å². The molecular formula is C16H27N3S. The molecule has 1 heterocycles. The highest BCUT2D eigenvalue weighted by Gasteiger charge is 2.22. The Morgan fingerprint density at radius 3 is 2.60 bits per heavy atom. The van der Waals surface area contributed by atoms with Crippen LogP contribution >= 0.6 is 11.8 Å². The van der Waals surface area contributed by atoms with Gasteiger partial charge in [0.2, 0.25) is 0 Å². The van der Waals surface area contributed by atoms with E-state index in [9.17, 15) is 0 Å². The largest absolute Gasteiger partial charge is 0.373 e. The SMILES string of the molecule is CNc1nc(C(C)C)nc(SC2CCCC(C)C2)c1C. The molecule has 0 amide bonds. The molecule has 4 heteroatoms. The Hall–Kier alpha value is -0.770. The van der Waals surface area contributed by atoms with E-state index in [2.05, 4.69) is 38.0 Å². The van der Waals surface area contributed by atoms with E-state index in [1.54, 1.807) is 0 Å². The van der Waals surface area contributed by atoms with Crippen LogP contribution < -0.4 is 5.32 Å². The van der Waals surface area contributed by atoms with E-state index in [0.29, 0.717) is 5.92 Å². The molecule has 1 fully saturated rings. The maximum Gasteiger partial charge on any atom is 0.134 e. The van der Waals surface area contributed by atoms with Gasteiger partial charge in [-0.25, -0.2) is 9.97 Å². The van der Waals surface area contributed by atoms with E-state index in [4.69, 9.17) is 4.98 Å². The summed E-state index contributed by atoms with van der Waals surface area (Å²) in [7, 11) is 1.94. The maximum atomic E-state index is 4.81. The Labute approximate surface area is 127 Å². The van der Waals surface area contributed by atoms with Gasteiger partial charge in [0, 0.05) is 23.8 Å². The van der Waals surface area contributed by atoms with Crippen LogP contribution in [0, 0.1) is 12.8 Å². The minimum Gasteiger partial charge on any atom is -0.373 e. The molecule has 2 atom stereocenters. The number of aromatic nitrogens is 2. The molecule has 0 saturated heterocycles. The summed E-state index contributed by atoms with van der Waals surface area (Å²) in [6, 6.07) is 0. The van der Waals surface area contributed by atoms with Gasteiger partial charge in [0.15, 0.2) is 0 Å². The summed E-state index contributed by atoms with van der Waals surface area (Å²) in [5.41, 5.74) is 1.19. The lowest BCUT2D eigenvalue weighted by molar-refractivity contribution is 0.394. The molecule has 2 unspecified atom stereocenters. The van der Waals surface area contributed by atoms with Crippen molar-refractivity contribution in [3.05, 3.63) is 11.4 Å². The first-order valence-electron chi connectivity index (χ1n) is 7.74. The second-order valence-electron chi connectivity index (χ2n) is 6.28. The van der Waals surface area contributed by atoms with Gasteiger partial charge in [-0.05, 0) is 25.7 Å². The maximum absolute atomic E-state index is 4.81. The first-order chi connectivity index (χ1) is 9.51. The van der Waals surface area contributed by atoms with Gasteiger partial charge in [0.05, 0.1) is 0 Å². The number of anilines is 1. The van der Waals surface area contributed by atoms with Gasteiger partial charge in [-0.2, -0.15) is 0 Å². The smallest absolute Gasteiger partial charge is 0.134 e. The zero-order chi connectivity index (χ0) is 14.7. The van der Waals surface area contributed by atoms with Crippen molar-refractivity contribution >= 4 is 17.6 Å². The third-order valence-electron chi connectivity index (χ3n) is 4.04. The quantitative estimate of drug-likeness (QED) is 0.822. The minimum atomic E-state index is 0.368. The predicted octanol–water partition coefficient (Wildman–Crippen LogP) is 4.62. The summed E-state index contributed by atoms with van der Waals surface area (Å²) in [5, 5.41) is 5.11. The molecule has 1 aromatic rings. The number of rotatable bonds is 4. The highest BCUT2D eigenvalue weighted by molar-refractivity contribution is 7.99. The third-order valence-corrected chi connectivity index (χ3v) is 5.42. The second kappa shape index (κ2) is 6.79. The van der Waals surface area contributed by atoms with Gasteiger partial charge in [-0.15, -0.1) is 11.8 Å². The van der Waals surface area contributed by atoms with Crippen LogP contribution in [0.2, 0.25) is 0 Å². The fourth-order valence-electron chi connectivity index (χ4n) is 2.77. The minimum absolute atomic E-state index is 0.368. The predicted molar refractivity (Wildman–Crippen MR) is 87.7 cm³/mol. The van der Waals surface area contributed by atoms with E-state index in [0.717, 1.165) is 22.8 Å². The highest BCUT2D eigenvalue weighted by Crippen LogP contribution is 2.37. The van der Waals surface area contributed by atoms with Crippen LogP contribution in [0.5, 0.6) is 0 Å². The van der Waals surface area contributed by atoms with Crippen LogP contribution in [-0.2, 0) is 0 Å². The molecule has 1 aliphatic carbocycles. The van der Waals surface area contributed by atoms with E-state index in [-0.39, 0.29) is 0 Å². The number of thioether (sulfide) groups is 1. The van der Waals surface area contributed by atoms with E-state index in [1.807, 2.05) is 18.8 Å². The topological polar surface area (TPSA) is 37.8 Å². The van der Waals surface area contributed by atoms with Crippen molar-refractivity contribution in [2.24, 2.45) is 5.92 Å². The highest BCUT2D eigenvalue weighted by atomic mass is 32.2. The molecule has 0 aromatic carbocycles. The van der Waals surface area contributed by atoms with Crippen LogP contribution in [0.15, 0.2) is 5.03 Å². The Morgan fingerprint density at radius 1 is 1.25 bits per heavy atom. The Morgan fingerprint density at radius 2 is 2.00 bits per heavy atom. The third kappa shape index (κ3) is 3.66. The molecule has 1 aromatic heterocycles. The lowest BCUT2D eigenvalue weighted by atomic mass is 9.91. The summed E-state index contributed by atoms with van der Waals surface area (Å²) in [5.74, 6) is 3.16. The molecule has 1 N–H and O–H groups in total. The Bertz CT molecular complexity index is 459. The van der Waals surface area contributed by atoms with Crippen molar-refractivity contribution in [2.45, 2.75) is 69.6 Å². The van der Waals surface area contributed by atoms with Crippen LogP contribution in [0.25, 0.3) is 0 Å². The Kier molecular flexibility index (Phi) is 5.30. The zero-order valence-corrected chi connectivity index (χ0v) is 14.2. The lowest BCUT2D eigenvalue weighted by Gasteiger charge is -2.26. The Balaban J connectivity index is 2.23. The fourth-order valence-corrected chi connectivity index (χ4v) is 4.22. The van der Waals surface area contributed by atoms with Crippen molar-refractivity contribution in [2.75, 3.05) is 12.4 Å². The van der Waals surface area contributed by atoms with Crippen molar-refractivity contribution in [1.82, 2.24) is 9.97 Å². The average Bonchev–Trinajstić information content (AvgIpc) is 2.41. The molecule has 1 aliphatic rings. The van der Waals surface area contributed by atoms with Crippen LogP contribution in [-0.4, -0.2) is 22.3 Å². The normalized spacial score (nSPS) is 23.1. The molecular weight excluding hydrogens is 266 g/mol. The number of nitrogens with one attached hydrogen (secondary N) is 1. The molecule has 0 spiro atoms. The van der Waals surface area contributed by atoms with Gasteiger partial charge in [0.1, 0.15) is 16.7 Å². The van der Waals surface area contributed by atoms with Crippen LogP contribution in [0.3, 0.4) is 0 Å². The number of hydrogen-bond acceptors (Lipinski definition) is 4. The zero-order valence-electron chi connectivity index (χ0n) is 13.4. The van der Waals surface area contributed by atoms with Gasteiger partial charge in [0.25, 0.3) is 0 Å². The molecule has 112 valence electrons. The summed E-state index contributed by atoms with van der Waals surface area (Å²) in [6.45, 7) is 8.81. The lowest BCUT2D eigenvalue weighted by Crippen LogP contribution is -2.16. The van der Waals surface area contributed by atoms with Crippen molar-refractivity contribution in [3.8, 4) is 0 Å². The summed E-state index contributed by atoms with van der Waals surface area (Å²) >= 11 is 1.96. The van der Waals surface area contributed by atoms with E-state index in [1.165, 1.54) is 36.3 Å². The fraction of sp³-hybridized carbons (Fsp3) is 0.750. The van der Waals surface area contributed by atoms with Gasteiger partial charge in [-0.3, -0.25) is 0 Å². The molecule has 2 rings (SSSR count). The molecule has 3 nitrogen and oxygen atoms in total. The van der Waals surface area contributed by atoms with Gasteiger partial charge < -0.3 is 5.32 Å². The molecule has 20 heavy (non-hydrogen) atoms. The number of hydrogen-bond donors (Lipinski definition) is 1. The van der Waals surface area contributed by atoms with Gasteiger partial charge >= 0.3 is 0 Å². The number of nitrogens with zero attached hydrogens (tertiary/aromatic N) is 2. The van der Waals surface area contributed by atoms with Crippen molar-refractivity contribution in [1.29, 1.82) is 0 Å². The molecule has 1 saturated carbocycles. The molecule has 0 radical (unpaired) electrons. The second-order valence-corrected chi connectivity index (χ2v) is 7.57. The van der Waals surface area contributed by atoms with Gasteiger partial charge in [-0.1, -0.05) is 33.6 Å². The average molecular weight is 293 g/mol. The van der Waals surface area contributed by atoms with E-state index >= 15 is 0 Å².